The van der Waals surface area contributed by atoms with Crippen molar-refractivity contribution < 1.29 is 4.39 Å². The van der Waals surface area contributed by atoms with E-state index in [9.17, 15) is 9.18 Å². The molecule has 0 radical (unpaired) electrons. The second kappa shape index (κ2) is 3.66. The van der Waals surface area contributed by atoms with Gasteiger partial charge in [0.15, 0.2) is 0 Å². The monoisotopic (exact) mass is 270 g/mol. The van der Waals surface area contributed by atoms with E-state index in [0.717, 1.165) is 5.69 Å². The molecule has 0 bridgehead atoms. The van der Waals surface area contributed by atoms with Gasteiger partial charge in [0, 0.05) is 11.8 Å². The number of nitrogens with zero attached hydrogens (tertiary/aromatic N) is 1. The first kappa shape index (κ1) is 10.2. The molecule has 0 spiro atoms. The third-order valence-corrected chi connectivity index (χ3v) is 2.62. The van der Waals surface area contributed by atoms with Crippen LogP contribution in [-0.4, -0.2) is 9.78 Å². The Morgan fingerprint density at radius 3 is 2.67 bits per heavy atom. The number of aromatic nitrogens is 2. The van der Waals surface area contributed by atoms with Crippen LogP contribution in [0, 0.1) is 12.7 Å². The van der Waals surface area contributed by atoms with E-state index in [1.165, 1.54) is 22.9 Å². The Morgan fingerprint density at radius 2 is 2.13 bits per heavy atom. The van der Waals surface area contributed by atoms with E-state index in [1.54, 1.807) is 13.0 Å². The maximum Gasteiger partial charge on any atom is 0.271 e. The Balaban J connectivity index is 2.59. The number of hydrogen-bond acceptors (Lipinski definition) is 1. The van der Waals surface area contributed by atoms with Crippen LogP contribution in [0.25, 0.3) is 5.69 Å². The molecule has 1 aromatic carbocycles. The van der Waals surface area contributed by atoms with Crippen molar-refractivity contribution in [3.05, 3.63) is 50.6 Å². The molecule has 78 valence electrons. The van der Waals surface area contributed by atoms with Gasteiger partial charge in [-0.3, -0.25) is 9.89 Å². The van der Waals surface area contributed by atoms with E-state index in [1.807, 2.05) is 0 Å². The Kier molecular flexibility index (Phi) is 2.48. The van der Waals surface area contributed by atoms with E-state index in [2.05, 4.69) is 21.0 Å². The van der Waals surface area contributed by atoms with E-state index in [0.29, 0.717) is 10.2 Å². The average molecular weight is 271 g/mol. The first-order valence-electron chi connectivity index (χ1n) is 4.32. The second-order valence-electron chi connectivity index (χ2n) is 3.21. The van der Waals surface area contributed by atoms with Crippen LogP contribution in [0.2, 0.25) is 0 Å². The first-order valence-corrected chi connectivity index (χ1v) is 5.11. The molecule has 0 saturated heterocycles. The topological polar surface area (TPSA) is 37.8 Å². The molecule has 0 fully saturated rings. The SMILES string of the molecule is Cc1cc(=O)n(-c2ccc(F)c(Br)c2)[nH]1. The highest BCUT2D eigenvalue weighted by Gasteiger charge is 2.05. The highest BCUT2D eigenvalue weighted by Crippen LogP contribution is 2.18. The molecule has 0 amide bonds. The Labute approximate surface area is 93.7 Å². The van der Waals surface area contributed by atoms with Gasteiger partial charge in [0.2, 0.25) is 0 Å². The maximum atomic E-state index is 13.0. The van der Waals surface area contributed by atoms with Crippen LogP contribution >= 0.6 is 15.9 Å². The number of aromatic amines is 1. The number of benzene rings is 1. The zero-order valence-corrected chi connectivity index (χ0v) is 9.51. The smallest absolute Gasteiger partial charge is 0.271 e. The maximum absolute atomic E-state index is 13.0. The van der Waals surface area contributed by atoms with Crippen molar-refractivity contribution in [3.63, 3.8) is 0 Å². The molecule has 3 nitrogen and oxygen atoms in total. The van der Waals surface area contributed by atoms with Gasteiger partial charge < -0.3 is 0 Å². The predicted molar refractivity (Wildman–Crippen MR) is 58.8 cm³/mol. The summed E-state index contributed by atoms with van der Waals surface area (Å²) in [5.74, 6) is -0.352. The summed E-state index contributed by atoms with van der Waals surface area (Å²) >= 11 is 3.07. The minimum Gasteiger partial charge on any atom is -0.295 e. The van der Waals surface area contributed by atoms with Crippen molar-refractivity contribution in [2.24, 2.45) is 0 Å². The normalized spacial score (nSPS) is 10.6. The first-order chi connectivity index (χ1) is 7.08. The molecule has 15 heavy (non-hydrogen) atoms. The summed E-state index contributed by atoms with van der Waals surface area (Å²) in [5, 5.41) is 2.87. The van der Waals surface area contributed by atoms with Crippen molar-refractivity contribution in [2.45, 2.75) is 6.92 Å². The minimum absolute atomic E-state index is 0.161. The zero-order valence-electron chi connectivity index (χ0n) is 7.92. The molecule has 1 N–H and O–H groups in total. The van der Waals surface area contributed by atoms with Gasteiger partial charge in [-0.25, -0.2) is 9.07 Å². The minimum atomic E-state index is -0.352. The van der Waals surface area contributed by atoms with Gasteiger partial charge in [-0.15, -0.1) is 0 Å². The highest BCUT2D eigenvalue weighted by molar-refractivity contribution is 9.10. The summed E-state index contributed by atoms with van der Waals surface area (Å²) in [5.41, 5.74) is 1.20. The van der Waals surface area contributed by atoms with Crippen molar-refractivity contribution >= 4 is 15.9 Å². The van der Waals surface area contributed by atoms with Gasteiger partial charge in [-0.2, -0.15) is 0 Å². The molecule has 1 aromatic heterocycles. The van der Waals surface area contributed by atoms with Crippen LogP contribution in [-0.2, 0) is 0 Å². The number of rotatable bonds is 1. The molecule has 5 heteroatoms. The lowest BCUT2D eigenvalue weighted by Crippen LogP contribution is -2.13. The third-order valence-electron chi connectivity index (χ3n) is 2.01. The Morgan fingerprint density at radius 1 is 1.40 bits per heavy atom. The van der Waals surface area contributed by atoms with Gasteiger partial charge in [0.1, 0.15) is 5.82 Å². The lowest BCUT2D eigenvalue weighted by atomic mass is 10.3. The molecule has 0 aliphatic heterocycles. The van der Waals surface area contributed by atoms with Crippen LogP contribution in [0.15, 0.2) is 33.5 Å². The Hall–Kier alpha value is -1.36. The summed E-state index contributed by atoms with van der Waals surface area (Å²) in [6.07, 6.45) is 0. The molecule has 1 heterocycles. The fraction of sp³-hybridized carbons (Fsp3) is 0.100. The van der Waals surface area contributed by atoms with Crippen molar-refractivity contribution in [3.8, 4) is 5.69 Å². The largest absolute Gasteiger partial charge is 0.295 e. The van der Waals surface area contributed by atoms with E-state index in [-0.39, 0.29) is 11.4 Å². The van der Waals surface area contributed by atoms with Crippen LogP contribution in [0.4, 0.5) is 4.39 Å². The number of hydrogen-bond donors (Lipinski definition) is 1. The van der Waals surface area contributed by atoms with Gasteiger partial charge in [-0.05, 0) is 41.1 Å². The molecule has 2 rings (SSSR count). The van der Waals surface area contributed by atoms with Gasteiger partial charge in [0.05, 0.1) is 10.2 Å². The molecule has 2 aromatic rings. The standard InChI is InChI=1S/C10H8BrFN2O/c1-6-4-10(15)14(13-6)7-2-3-9(12)8(11)5-7/h2-5,13H,1H3. The molecule has 0 saturated carbocycles. The lowest BCUT2D eigenvalue weighted by Gasteiger charge is -2.02. The lowest BCUT2D eigenvalue weighted by molar-refractivity contribution is 0.620. The van der Waals surface area contributed by atoms with E-state index >= 15 is 0 Å². The third kappa shape index (κ3) is 1.87. The van der Waals surface area contributed by atoms with Crippen LogP contribution in [0.3, 0.4) is 0 Å². The Bertz CT molecular complexity index is 559. The van der Waals surface area contributed by atoms with Gasteiger partial charge in [-0.1, -0.05) is 0 Å². The van der Waals surface area contributed by atoms with E-state index < -0.39 is 0 Å². The summed E-state index contributed by atoms with van der Waals surface area (Å²) in [6, 6.07) is 5.88. The molecular weight excluding hydrogens is 263 g/mol. The molecule has 0 unspecified atom stereocenters. The second-order valence-corrected chi connectivity index (χ2v) is 4.07. The van der Waals surface area contributed by atoms with Crippen molar-refractivity contribution in [1.29, 1.82) is 0 Å². The van der Waals surface area contributed by atoms with Crippen molar-refractivity contribution in [2.75, 3.05) is 0 Å². The highest BCUT2D eigenvalue weighted by atomic mass is 79.9. The molecule has 0 atom stereocenters. The van der Waals surface area contributed by atoms with Crippen LogP contribution in [0.1, 0.15) is 5.69 Å². The fourth-order valence-electron chi connectivity index (χ4n) is 1.33. The van der Waals surface area contributed by atoms with Gasteiger partial charge in [0.25, 0.3) is 5.56 Å². The fourth-order valence-corrected chi connectivity index (χ4v) is 1.70. The molecule has 0 aliphatic carbocycles. The molecule has 0 aliphatic rings. The van der Waals surface area contributed by atoms with Crippen molar-refractivity contribution in [1.82, 2.24) is 9.78 Å². The number of aryl methyl sites for hydroxylation is 1. The zero-order chi connectivity index (χ0) is 11.0. The van der Waals surface area contributed by atoms with E-state index in [4.69, 9.17) is 0 Å². The van der Waals surface area contributed by atoms with Gasteiger partial charge >= 0.3 is 0 Å². The van der Waals surface area contributed by atoms with Crippen LogP contribution < -0.4 is 5.56 Å². The number of nitrogens with one attached hydrogen (secondary N) is 1. The quantitative estimate of drug-likeness (QED) is 0.849. The predicted octanol–water partition coefficient (Wildman–Crippen LogP) is 2.38. The summed E-state index contributed by atoms with van der Waals surface area (Å²) < 4.78 is 14.7. The number of halogens is 2. The molecular formula is C10H8BrFN2O. The van der Waals surface area contributed by atoms with Crippen LogP contribution in [0.5, 0.6) is 0 Å². The summed E-state index contributed by atoms with van der Waals surface area (Å²) in [6.45, 7) is 1.79. The number of H-pyrrole nitrogens is 1. The summed E-state index contributed by atoms with van der Waals surface area (Å²) in [7, 11) is 0. The summed E-state index contributed by atoms with van der Waals surface area (Å²) in [4.78, 5) is 11.5. The average Bonchev–Trinajstić information content (AvgIpc) is 2.50.